The fourth-order valence-electron chi connectivity index (χ4n) is 3.35. The fourth-order valence-corrected chi connectivity index (χ4v) is 5.66. The number of hydrogen-bond acceptors (Lipinski definition) is 6. The smallest absolute Gasteiger partial charge is 0.241 e. The third kappa shape index (κ3) is 6.55. The summed E-state index contributed by atoms with van der Waals surface area (Å²) in [5, 5.41) is 6.92. The number of rotatable bonds is 9. The Kier molecular flexibility index (Phi) is 8.50. The summed E-state index contributed by atoms with van der Waals surface area (Å²) in [4.78, 5) is 24.8. The molecule has 1 saturated heterocycles. The number of amides is 2. The van der Waals surface area contributed by atoms with Gasteiger partial charge in [-0.1, -0.05) is 31.5 Å². The third-order valence-electron chi connectivity index (χ3n) is 5.34. The number of sulfone groups is 1. The Bertz CT molecular complexity index is 1110. The second-order valence-corrected chi connectivity index (χ2v) is 11.1. The highest BCUT2D eigenvalue weighted by atomic mass is 32.2. The summed E-state index contributed by atoms with van der Waals surface area (Å²) in [6, 6.07) is 11.1. The molecule has 3 N–H and O–H groups in total. The highest BCUT2D eigenvalue weighted by Crippen LogP contribution is 2.21. The van der Waals surface area contributed by atoms with Crippen molar-refractivity contribution in [3.8, 4) is 0 Å². The molecule has 1 aliphatic rings. The summed E-state index contributed by atoms with van der Waals surface area (Å²) in [5.74, 6) is -1.39. The van der Waals surface area contributed by atoms with E-state index in [2.05, 4.69) is 22.9 Å². The lowest BCUT2D eigenvalue weighted by molar-refractivity contribution is -0.122. The number of halogens is 1. The summed E-state index contributed by atoms with van der Waals surface area (Å²) >= 11 is 1.11. The molecule has 2 amide bonds. The van der Waals surface area contributed by atoms with Crippen molar-refractivity contribution in [1.82, 2.24) is 10.6 Å². The average molecular weight is 494 g/mol. The summed E-state index contributed by atoms with van der Waals surface area (Å²) in [6.45, 7) is 3.66. The molecule has 0 bridgehead atoms. The summed E-state index contributed by atoms with van der Waals surface area (Å²) in [5.41, 5.74) is 1.27. The van der Waals surface area contributed by atoms with Crippen molar-refractivity contribution in [2.75, 3.05) is 17.6 Å². The van der Waals surface area contributed by atoms with Crippen LogP contribution >= 0.6 is 11.8 Å². The quantitative estimate of drug-likeness (QED) is 0.496. The Hall–Kier alpha value is -2.43. The third-order valence-corrected chi connectivity index (χ3v) is 8.44. The molecule has 7 nitrogen and oxygen atoms in total. The van der Waals surface area contributed by atoms with Crippen LogP contribution in [-0.2, 0) is 25.8 Å². The second-order valence-electron chi connectivity index (χ2n) is 7.90. The number of aryl methyl sites for hydroxylation is 2. The van der Waals surface area contributed by atoms with Crippen LogP contribution in [0.25, 0.3) is 0 Å². The van der Waals surface area contributed by atoms with Crippen LogP contribution in [0.15, 0.2) is 47.4 Å². The van der Waals surface area contributed by atoms with Crippen molar-refractivity contribution in [3.05, 3.63) is 59.4 Å². The minimum Gasteiger partial charge on any atom is -0.331 e. The van der Waals surface area contributed by atoms with Crippen LogP contribution in [0.1, 0.15) is 30.9 Å². The molecule has 33 heavy (non-hydrogen) atoms. The van der Waals surface area contributed by atoms with Gasteiger partial charge in [-0.05, 0) is 55.2 Å². The first-order valence-electron chi connectivity index (χ1n) is 10.7. The molecule has 2 atom stereocenters. The van der Waals surface area contributed by atoms with Crippen LogP contribution in [0, 0.1) is 12.7 Å². The van der Waals surface area contributed by atoms with Crippen LogP contribution in [0.4, 0.5) is 10.1 Å². The molecule has 178 valence electrons. The van der Waals surface area contributed by atoms with Crippen LogP contribution < -0.4 is 16.0 Å². The van der Waals surface area contributed by atoms with Crippen molar-refractivity contribution in [3.63, 3.8) is 0 Å². The Morgan fingerprint density at radius 1 is 1.21 bits per heavy atom. The Morgan fingerprint density at radius 3 is 2.58 bits per heavy atom. The first-order chi connectivity index (χ1) is 15.7. The predicted molar refractivity (Wildman–Crippen MR) is 128 cm³/mol. The van der Waals surface area contributed by atoms with Gasteiger partial charge in [0.25, 0.3) is 0 Å². The molecule has 2 aromatic rings. The van der Waals surface area contributed by atoms with E-state index in [4.69, 9.17) is 0 Å². The first kappa shape index (κ1) is 25.2. The lowest BCUT2D eigenvalue weighted by Crippen LogP contribution is -2.59. The molecule has 0 saturated carbocycles. The van der Waals surface area contributed by atoms with E-state index >= 15 is 0 Å². The maximum atomic E-state index is 13.6. The van der Waals surface area contributed by atoms with Gasteiger partial charge in [0.15, 0.2) is 15.1 Å². The van der Waals surface area contributed by atoms with Crippen LogP contribution in [0.3, 0.4) is 0 Å². The van der Waals surface area contributed by atoms with Crippen molar-refractivity contribution in [2.24, 2.45) is 0 Å². The zero-order chi connectivity index (χ0) is 24.0. The lowest BCUT2D eigenvalue weighted by Gasteiger charge is -2.29. The molecular weight excluding hydrogens is 465 g/mol. The van der Waals surface area contributed by atoms with E-state index < -0.39 is 32.3 Å². The molecule has 3 rings (SSSR count). The number of unbranched alkanes of at least 4 members (excludes halogenated alkanes) is 1. The van der Waals surface area contributed by atoms with E-state index in [1.165, 1.54) is 6.07 Å². The van der Waals surface area contributed by atoms with Crippen LogP contribution in [-0.4, -0.2) is 43.3 Å². The van der Waals surface area contributed by atoms with E-state index in [9.17, 15) is 22.4 Å². The molecule has 2 unspecified atom stereocenters. The SMILES string of the molecule is CCCCc1ccc(S(=O)(=O)C2CNC(SCC(=O)Nc3ccc(C)c(F)c3)NC2=O)cc1. The molecule has 1 aliphatic heterocycles. The lowest BCUT2D eigenvalue weighted by atomic mass is 10.1. The molecular formula is C23H28FN3O4S2. The number of anilines is 1. The Balaban J connectivity index is 1.52. The van der Waals surface area contributed by atoms with E-state index in [0.29, 0.717) is 11.3 Å². The van der Waals surface area contributed by atoms with Gasteiger partial charge in [0, 0.05) is 12.2 Å². The van der Waals surface area contributed by atoms with Gasteiger partial charge in [-0.15, -0.1) is 11.8 Å². The standard InChI is InChI=1S/C23H28FN3O4S2/c1-3-4-5-16-7-10-18(11-8-16)33(30,31)20-13-25-23(27-22(20)29)32-14-21(28)26-17-9-6-15(2)19(24)12-17/h6-12,20,23,25H,3-5,13-14H2,1-2H3,(H,26,28)(H,27,29). The van der Waals surface area contributed by atoms with Gasteiger partial charge < -0.3 is 10.6 Å². The molecule has 1 fully saturated rings. The van der Waals surface area contributed by atoms with Gasteiger partial charge >= 0.3 is 0 Å². The highest BCUT2D eigenvalue weighted by molar-refractivity contribution is 8.00. The number of benzene rings is 2. The zero-order valence-corrected chi connectivity index (χ0v) is 20.2. The number of nitrogens with one attached hydrogen (secondary N) is 3. The predicted octanol–water partition coefficient (Wildman–Crippen LogP) is 2.99. The summed E-state index contributed by atoms with van der Waals surface area (Å²) < 4.78 is 39.5. The molecule has 0 spiro atoms. The second kappa shape index (κ2) is 11.1. The minimum absolute atomic E-state index is 0.00984. The first-order valence-corrected chi connectivity index (χ1v) is 13.3. The number of carbonyl (C=O) groups is 2. The molecule has 10 heteroatoms. The van der Waals surface area contributed by atoms with Crippen LogP contribution in [0.5, 0.6) is 0 Å². The maximum absolute atomic E-state index is 13.6. The van der Waals surface area contributed by atoms with E-state index in [0.717, 1.165) is 36.6 Å². The molecule has 0 aliphatic carbocycles. The fraction of sp³-hybridized carbons (Fsp3) is 0.391. The van der Waals surface area contributed by atoms with Gasteiger partial charge in [-0.3, -0.25) is 14.9 Å². The Labute approximate surface area is 197 Å². The minimum atomic E-state index is -3.85. The van der Waals surface area contributed by atoms with E-state index in [1.807, 2.05) is 0 Å². The Morgan fingerprint density at radius 2 is 1.94 bits per heavy atom. The van der Waals surface area contributed by atoms with Crippen molar-refractivity contribution in [2.45, 2.75) is 48.8 Å². The van der Waals surface area contributed by atoms with Crippen LogP contribution in [0.2, 0.25) is 0 Å². The normalized spacial score (nSPS) is 18.6. The van der Waals surface area contributed by atoms with Gasteiger partial charge in [0.2, 0.25) is 11.8 Å². The number of hydrogen-bond donors (Lipinski definition) is 3. The average Bonchev–Trinajstić information content (AvgIpc) is 2.79. The topological polar surface area (TPSA) is 104 Å². The van der Waals surface area contributed by atoms with Gasteiger partial charge in [-0.2, -0.15) is 0 Å². The largest absolute Gasteiger partial charge is 0.331 e. The van der Waals surface area contributed by atoms with Crippen molar-refractivity contribution < 1.29 is 22.4 Å². The zero-order valence-electron chi connectivity index (χ0n) is 18.6. The molecule has 1 heterocycles. The van der Waals surface area contributed by atoms with E-state index in [-0.39, 0.29) is 23.1 Å². The summed E-state index contributed by atoms with van der Waals surface area (Å²) in [7, 11) is -3.85. The van der Waals surface area contributed by atoms with Gasteiger partial charge in [0.1, 0.15) is 11.3 Å². The molecule has 0 aromatic heterocycles. The van der Waals surface area contributed by atoms with Gasteiger partial charge in [0.05, 0.1) is 10.6 Å². The van der Waals surface area contributed by atoms with E-state index in [1.54, 1.807) is 43.3 Å². The highest BCUT2D eigenvalue weighted by Gasteiger charge is 2.38. The monoisotopic (exact) mass is 493 g/mol. The number of thioether (sulfide) groups is 1. The van der Waals surface area contributed by atoms with Crippen molar-refractivity contribution >= 4 is 39.1 Å². The number of carbonyl (C=O) groups excluding carboxylic acids is 2. The molecule has 2 aromatic carbocycles. The molecule has 0 radical (unpaired) electrons. The summed E-state index contributed by atoms with van der Waals surface area (Å²) in [6.07, 6.45) is 2.97. The van der Waals surface area contributed by atoms with Gasteiger partial charge in [-0.25, -0.2) is 12.8 Å². The van der Waals surface area contributed by atoms with Crippen molar-refractivity contribution in [1.29, 1.82) is 0 Å². The maximum Gasteiger partial charge on any atom is 0.241 e.